The Labute approximate surface area is 100 Å². The second-order valence-corrected chi connectivity index (χ2v) is 3.95. The molecule has 0 aromatic heterocycles. The summed E-state index contributed by atoms with van der Waals surface area (Å²) < 4.78 is 0. The Hall–Kier alpha value is 0.133. The van der Waals surface area contributed by atoms with E-state index in [1.807, 2.05) is 0 Å². The first-order valence-electron chi connectivity index (χ1n) is 3.92. The zero-order valence-electron chi connectivity index (χ0n) is 8.60. The smallest absolute Gasteiger partial charge is 0.0247 e. The van der Waals surface area contributed by atoms with Gasteiger partial charge < -0.3 is 12.4 Å². The van der Waals surface area contributed by atoms with Crippen LogP contribution in [0.5, 0.6) is 0 Å². The van der Waals surface area contributed by atoms with Crippen LogP contribution in [0, 0.1) is 11.3 Å². The maximum atomic E-state index is 3.84. The zero-order chi connectivity index (χ0) is 8.48. The van der Waals surface area contributed by atoms with Crippen LogP contribution in [0.4, 0.5) is 0 Å². The first-order valence-corrected chi connectivity index (χ1v) is 3.92. The normalized spacial score (nSPS) is 16.4. The van der Waals surface area contributed by atoms with Crippen LogP contribution in [0.3, 0.4) is 0 Å². The van der Waals surface area contributed by atoms with Crippen molar-refractivity contribution in [3.8, 4) is 0 Å². The molecule has 0 heterocycles. The van der Waals surface area contributed by atoms with Crippen molar-refractivity contribution in [1.82, 2.24) is 0 Å². The molecule has 0 spiro atoms. The summed E-state index contributed by atoms with van der Waals surface area (Å²) in [4.78, 5) is 0. The summed E-state index contributed by atoms with van der Waals surface area (Å²) >= 11 is 0. The van der Waals surface area contributed by atoms with Crippen molar-refractivity contribution in [2.24, 2.45) is 5.41 Å². The van der Waals surface area contributed by atoms with Crippen molar-refractivity contribution < 1.29 is 31.9 Å². The third-order valence-corrected chi connectivity index (χ3v) is 1.82. The van der Waals surface area contributed by atoms with Gasteiger partial charge in [-0.05, 0) is 11.0 Å². The van der Waals surface area contributed by atoms with Gasteiger partial charge in [0, 0.05) is 25.4 Å². The SMILES string of the molecule is C=C1C=C[C](C(C)(C)C)C=C1.[Cl-].[Zn]. The average molecular weight is 248 g/mol. The Morgan fingerprint density at radius 3 is 1.69 bits per heavy atom. The molecule has 1 aliphatic rings. The van der Waals surface area contributed by atoms with E-state index in [9.17, 15) is 0 Å². The molecule has 0 aromatic carbocycles. The summed E-state index contributed by atoms with van der Waals surface area (Å²) in [5, 5.41) is 0. The van der Waals surface area contributed by atoms with Gasteiger partial charge in [0.05, 0.1) is 0 Å². The van der Waals surface area contributed by atoms with Crippen LogP contribution in [0.1, 0.15) is 20.8 Å². The molecule has 0 aliphatic heterocycles. The van der Waals surface area contributed by atoms with Crippen LogP contribution < -0.4 is 12.4 Å². The summed E-state index contributed by atoms with van der Waals surface area (Å²) in [6.07, 6.45) is 8.39. The average Bonchev–Trinajstić information content (AvgIpc) is 1.86. The number of halogens is 1. The van der Waals surface area contributed by atoms with E-state index in [0.29, 0.717) is 0 Å². The summed E-state index contributed by atoms with van der Waals surface area (Å²) in [7, 11) is 0. The fraction of sp³-hybridized carbons (Fsp3) is 0.364. The molecule has 0 N–H and O–H groups in total. The molecule has 1 rings (SSSR count). The van der Waals surface area contributed by atoms with Gasteiger partial charge in [-0.15, -0.1) is 0 Å². The molecule has 1 radical (unpaired) electrons. The third kappa shape index (κ3) is 4.79. The first-order chi connectivity index (χ1) is 5.00. The summed E-state index contributed by atoms with van der Waals surface area (Å²) in [6.45, 7) is 10.5. The predicted octanol–water partition coefficient (Wildman–Crippen LogP) is 0.291. The Morgan fingerprint density at radius 2 is 1.38 bits per heavy atom. The van der Waals surface area contributed by atoms with Gasteiger partial charge in [0.25, 0.3) is 0 Å². The van der Waals surface area contributed by atoms with E-state index in [1.165, 1.54) is 5.92 Å². The minimum atomic E-state index is 0. The van der Waals surface area contributed by atoms with Crippen LogP contribution in [-0.2, 0) is 19.5 Å². The number of allylic oxidation sites excluding steroid dienone is 5. The maximum absolute atomic E-state index is 3.84. The second kappa shape index (κ2) is 5.78. The molecular weight excluding hydrogens is 233 g/mol. The molecule has 1 aliphatic carbocycles. The Balaban J connectivity index is 0. The molecule has 0 amide bonds. The van der Waals surface area contributed by atoms with Crippen LogP contribution in [0.2, 0.25) is 0 Å². The first kappa shape index (κ1) is 15.6. The van der Waals surface area contributed by atoms with E-state index < -0.39 is 0 Å². The van der Waals surface area contributed by atoms with Crippen LogP contribution >= 0.6 is 0 Å². The molecule has 2 heteroatoms. The van der Waals surface area contributed by atoms with Gasteiger partial charge >= 0.3 is 0 Å². The molecule has 0 atom stereocenters. The van der Waals surface area contributed by atoms with Gasteiger partial charge in [-0.3, -0.25) is 0 Å². The van der Waals surface area contributed by atoms with Crippen molar-refractivity contribution in [3.05, 3.63) is 42.4 Å². The summed E-state index contributed by atoms with van der Waals surface area (Å²) in [5.74, 6) is 1.37. The minimum absolute atomic E-state index is 0. The van der Waals surface area contributed by atoms with Gasteiger partial charge in [-0.1, -0.05) is 51.7 Å². The molecule has 13 heavy (non-hydrogen) atoms. The quantitative estimate of drug-likeness (QED) is 0.540. The minimum Gasteiger partial charge on any atom is -1.00 e. The van der Waals surface area contributed by atoms with Crippen molar-refractivity contribution in [2.45, 2.75) is 20.8 Å². The predicted molar refractivity (Wildman–Crippen MR) is 50.1 cm³/mol. The monoisotopic (exact) mass is 246 g/mol. The van der Waals surface area contributed by atoms with Gasteiger partial charge in [0.2, 0.25) is 0 Å². The van der Waals surface area contributed by atoms with Crippen LogP contribution in [0.15, 0.2) is 36.5 Å². The van der Waals surface area contributed by atoms with E-state index in [0.717, 1.165) is 5.57 Å². The molecule has 0 fully saturated rings. The fourth-order valence-corrected chi connectivity index (χ4v) is 1.00. The Bertz CT molecular complexity index is 205. The Kier molecular flexibility index (Phi) is 6.93. The molecule has 0 nitrogen and oxygen atoms in total. The molecule has 69 valence electrons. The van der Waals surface area contributed by atoms with Crippen molar-refractivity contribution in [2.75, 3.05) is 0 Å². The van der Waals surface area contributed by atoms with Gasteiger partial charge in [0.15, 0.2) is 0 Å². The zero-order valence-corrected chi connectivity index (χ0v) is 12.3. The number of hydrogen-bond acceptors (Lipinski definition) is 0. The van der Waals surface area contributed by atoms with E-state index in [1.54, 1.807) is 0 Å². The standard InChI is InChI=1S/C11H15.ClH.Zn/c1-9-5-7-10(8-6-9)11(2,3)4;;/h5-8H,1H2,2-4H3;1H;/p-1. The molecule has 0 bridgehead atoms. The van der Waals surface area contributed by atoms with Gasteiger partial charge in [0.1, 0.15) is 0 Å². The maximum Gasteiger partial charge on any atom is 0.0247 e. The van der Waals surface area contributed by atoms with Gasteiger partial charge in [-0.2, -0.15) is 0 Å². The number of hydrogen-bond donors (Lipinski definition) is 0. The molecule has 0 saturated carbocycles. The summed E-state index contributed by atoms with van der Waals surface area (Å²) in [6, 6.07) is 0. The molecular formula is C11H15ClZn-. The fourth-order valence-electron chi connectivity index (χ4n) is 1.00. The third-order valence-electron chi connectivity index (χ3n) is 1.82. The van der Waals surface area contributed by atoms with E-state index in [-0.39, 0.29) is 37.3 Å². The summed E-state index contributed by atoms with van der Waals surface area (Å²) in [5.41, 5.74) is 1.34. The van der Waals surface area contributed by atoms with Crippen LogP contribution in [0.25, 0.3) is 0 Å². The largest absolute Gasteiger partial charge is 1.00 e. The van der Waals surface area contributed by atoms with E-state index in [4.69, 9.17) is 0 Å². The Morgan fingerprint density at radius 1 is 1.00 bits per heavy atom. The van der Waals surface area contributed by atoms with Gasteiger partial charge in [-0.25, -0.2) is 0 Å². The van der Waals surface area contributed by atoms with E-state index in [2.05, 4.69) is 51.7 Å². The molecule has 0 saturated heterocycles. The molecule has 0 unspecified atom stereocenters. The molecule has 0 aromatic rings. The second-order valence-electron chi connectivity index (χ2n) is 3.95. The van der Waals surface area contributed by atoms with E-state index >= 15 is 0 Å². The van der Waals surface area contributed by atoms with Crippen LogP contribution in [-0.4, -0.2) is 0 Å². The van der Waals surface area contributed by atoms with Crippen molar-refractivity contribution in [3.63, 3.8) is 0 Å². The number of rotatable bonds is 0. The topological polar surface area (TPSA) is 0 Å². The van der Waals surface area contributed by atoms with Crippen molar-refractivity contribution >= 4 is 0 Å². The van der Waals surface area contributed by atoms with Crippen molar-refractivity contribution in [1.29, 1.82) is 0 Å².